The topological polar surface area (TPSA) is 37.3 Å². The van der Waals surface area contributed by atoms with E-state index >= 15 is 0 Å². The van der Waals surface area contributed by atoms with Crippen LogP contribution in [0.3, 0.4) is 0 Å². The summed E-state index contributed by atoms with van der Waals surface area (Å²) in [6.45, 7) is 5.36. The van der Waals surface area contributed by atoms with Crippen molar-refractivity contribution in [2.24, 2.45) is 5.41 Å². The van der Waals surface area contributed by atoms with Gasteiger partial charge >= 0.3 is 0 Å². The summed E-state index contributed by atoms with van der Waals surface area (Å²) in [7, 11) is 0. The number of carbonyl (C=O) groups is 1. The molecule has 88 valence electrons. The van der Waals surface area contributed by atoms with Crippen LogP contribution in [0.2, 0.25) is 10.0 Å². The molecule has 1 atom stereocenters. The Labute approximate surface area is 105 Å². The summed E-state index contributed by atoms with van der Waals surface area (Å²) in [6.07, 6.45) is -1.09. The number of ketones is 1. The predicted octanol–water partition coefficient (Wildman–Crippen LogP) is 3.58. The van der Waals surface area contributed by atoms with Gasteiger partial charge in [-0.15, -0.1) is 0 Å². The average Bonchev–Trinajstić information content (AvgIpc) is 2.18. The van der Waals surface area contributed by atoms with E-state index in [0.29, 0.717) is 5.02 Å². The molecule has 16 heavy (non-hydrogen) atoms. The Hall–Kier alpha value is -0.570. The van der Waals surface area contributed by atoms with Gasteiger partial charge in [0.25, 0.3) is 0 Å². The number of benzene rings is 1. The Morgan fingerprint density at radius 3 is 2.38 bits per heavy atom. The first kappa shape index (κ1) is 13.5. The number of rotatable bonds is 2. The van der Waals surface area contributed by atoms with Gasteiger partial charge in [0.15, 0.2) is 5.78 Å². The van der Waals surface area contributed by atoms with Crippen molar-refractivity contribution in [3.05, 3.63) is 33.8 Å². The molecular formula is C12H14Cl2O2. The standard InChI is InChI=1S/C12H14Cl2O2/c1-12(2,3)11(16)10(15)7-5-4-6-8(13)9(7)14/h4-6,11,16H,1-3H3. The van der Waals surface area contributed by atoms with Crippen molar-refractivity contribution >= 4 is 29.0 Å². The minimum absolute atomic E-state index is 0.192. The zero-order chi connectivity index (χ0) is 12.5. The molecule has 0 aliphatic heterocycles. The van der Waals surface area contributed by atoms with E-state index in [1.165, 1.54) is 0 Å². The lowest BCUT2D eigenvalue weighted by atomic mass is 9.84. The number of hydrogen-bond donors (Lipinski definition) is 1. The summed E-state index contributed by atoms with van der Waals surface area (Å²) in [6, 6.07) is 4.80. The molecular weight excluding hydrogens is 247 g/mol. The molecule has 0 aliphatic carbocycles. The number of aliphatic hydroxyl groups excluding tert-OH is 1. The van der Waals surface area contributed by atoms with E-state index in [0.717, 1.165) is 0 Å². The van der Waals surface area contributed by atoms with Crippen LogP contribution in [0.4, 0.5) is 0 Å². The lowest BCUT2D eigenvalue weighted by Gasteiger charge is -2.24. The van der Waals surface area contributed by atoms with Crippen LogP contribution in [0.5, 0.6) is 0 Å². The Morgan fingerprint density at radius 2 is 1.88 bits per heavy atom. The number of Topliss-reactive ketones (excluding diaryl/α,β-unsaturated/α-hetero) is 1. The Bertz CT molecular complexity index is 408. The van der Waals surface area contributed by atoms with E-state index in [2.05, 4.69) is 0 Å². The van der Waals surface area contributed by atoms with Crippen molar-refractivity contribution in [2.45, 2.75) is 26.9 Å². The van der Waals surface area contributed by atoms with Crippen LogP contribution in [-0.4, -0.2) is 17.0 Å². The first-order chi connectivity index (χ1) is 7.25. The van der Waals surface area contributed by atoms with Crippen molar-refractivity contribution in [1.82, 2.24) is 0 Å². The predicted molar refractivity (Wildman–Crippen MR) is 66.3 cm³/mol. The molecule has 0 fully saturated rings. The summed E-state index contributed by atoms with van der Waals surface area (Å²) in [4.78, 5) is 12.0. The Kier molecular flexibility index (Phi) is 4.00. The molecule has 4 heteroatoms. The molecule has 0 aromatic heterocycles. The van der Waals surface area contributed by atoms with Gasteiger partial charge in [0.05, 0.1) is 10.0 Å². The molecule has 1 aromatic carbocycles. The highest BCUT2D eigenvalue weighted by Crippen LogP contribution is 2.29. The largest absolute Gasteiger partial charge is 0.384 e. The molecule has 2 nitrogen and oxygen atoms in total. The molecule has 1 N–H and O–H groups in total. The second kappa shape index (κ2) is 4.74. The van der Waals surface area contributed by atoms with E-state index in [1.807, 2.05) is 0 Å². The monoisotopic (exact) mass is 260 g/mol. The Balaban J connectivity index is 3.11. The van der Waals surface area contributed by atoms with E-state index < -0.39 is 17.3 Å². The van der Waals surface area contributed by atoms with Gasteiger partial charge in [0, 0.05) is 5.56 Å². The quantitative estimate of drug-likeness (QED) is 0.826. The second-order valence-electron chi connectivity index (χ2n) is 4.73. The summed E-state index contributed by atoms with van der Waals surface area (Å²) >= 11 is 11.7. The number of aliphatic hydroxyl groups is 1. The second-order valence-corrected chi connectivity index (χ2v) is 5.52. The molecule has 0 bridgehead atoms. The van der Waals surface area contributed by atoms with Gasteiger partial charge in [-0.3, -0.25) is 4.79 Å². The van der Waals surface area contributed by atoms with Crippen LogP contribution in [0, 0.1) is 5.41 Å². The van der Waals surface area contributed by atoms with Crippen molar-refractivity contribution in [3.8, 4) is 0 Å². The van der Waals surface area contributed by atoms with E-state index in [9.17, 15) is 9.90 Å². The summed E-state index contributed by atoms with van der Waals surface area (Å²) in [5.41, 5.74) is -0.264. The van der Waals surface area contributed by atoms with Gasteiger partial charge < -0.3 is 5.11 Å². The minimum Gasteiger partial charge on any atom is -0.384 e. The lowest BCUT2D eigenvalue weighted by molar-refractivity contribution is 0.0443. The fourth-order valence-corrected chi connectivity index (χ4v) is 1.63. The van der Waals surface area contributed by atoms with Gasteiger partial charge in [0.1, 0.15) is 6.10 Å². The molecule has 0 spiro atoms. The van der Waals surface area contributed by atoms with Gasteiger partial charge in [-0.25, -0.2) is 0 Å². The van der Waals surface area contributed by atoms with Crippen LogP contribution >= 0.6 is 23.2 Å². The Morgan fingerprint density at radius 1 is 1.31 bits per heavy atom. The first-order valence-electron chi connectivity index (χ1n) is 4.91. The van der Waals surface area contributed by atoms with Crippen LogP contribution in [0.15, 0.2) is 18.2 Å². The van der Waals surface area contributed by atoms with Crippen LogP contribution in [-0.2, 0) is 0 Å². The zero-order valence-electron chi connectivity index (χ0n) is 9.42. The number of halogens is 2. The normalized spacial score (nSPS) is 13.6. The van der Waals surface area contributed by atoms with Crippen molar-refractivity contribution in [3.63, 3.8) is 0 Å². The first-order valence-corrected chi connectivity index (χ1v) is 5.67. The average molecular weight is 261 g/mol. The SMILES string of the molecule is CC(C)(C)C(O)C(=O)c1cccc(Cl)c1Cl. The molecule has 0 saturated heterocycles. The fourth-order valence-electron chi connectivity index (χ4n) is 1.23. The van der Waals surface area contributed by atoms with E-state index in [1.54, 1.807) is 39.0 Å². The molecule has 0 heterocycles. The third kappa shape index (κ3) is 2.76. The highest BCUT2D eigenvalue weighted by Gasteiger charge is 2.31. The summed E-state index contributed by atoms with van der Waals surface area (Å²) in [5, 5.41) is 10.4. The maximum Gasteiger partial charge on any atom is 0.193 e. The zero-order valence-corrected chi connectivity index (χ0v) is 10.9. The van der Waals surface area contributed by atoms with E-state index in [-0.39, 0.29) is 10.6 Å². The van der Waals surface area contributed by atoms with Crippen LogP contribution in [0.25, 0.3) is 0 Å². The highest BCUT2D eigenvalue weighted by molar-refractivity contribution is 6.44. The fraction of sp³-hybridized carbons (Fsp3) is 0.417. The molecule has 0 saturated carbocycles. The van der Waals surface area contributed by atoms with Crippen LogP contribution in [0.1, 0.15) is 31.1 Å². The van der Waals surface area contributed by atoms with Gasteiger partial charge in [-0.1, -0.05) is 50.0 Å². The minimum atomic E-state index is -1.09. The maximum atomic E-state index is 12.0. The third-order valence-electron chi connectivity index (χ3n) is 2.29. The maximum absolute atomic E-state index is 12.0. The molecule has 0 aliphatic rings. The summed E-state index contributed by atoms with van der Waals surface area (Å²) in [5.74, 6) is -0.403. The molecule has 1 unspecified atom stereocenters. The van der Waals surface area contributed by atoms with Crippen molar-refractivity contribution < 1.29 is 9.90 Å². The number of hydrogen-bond acceptors (Lipinski definition) is 2. The van der Waals surface area contributed by atoms with Crippen molar-refractivity contribution in [1.29, 1.82) is 0 Å². The third-order valence-corrected chi connectivity index (χ3v) is 3.10. The highest BCUT2D eigenvalue weighted by atomic mass is 35.5. The molecule has 1 rings (SSSR count). The molecule has 0 radical (unpaired) electrons. The molecule has 0 amide bonds. The molecule has 1 aromatic rings. The van der Waals surface area contributed by atoms with Gasteiger partial charge in [-0.2, -0.15) is 0 Å². The number of carbonyl (C=O) groups excluding carboxylic acids is 1. The smallest absolute Gasteiger partial charge is 0.193 e. The summed E-state index contributed by atoms with van der Waals surface area (Å²) < 4.78 is 0. The lowest BCUT2D eigenvalue weighted by Crippen LogP contribution is -2.34. The van der Waals surface area contributed by atoms with Crippen LogP contribution < -0.4 is 0 Å². The van der Waals surface area contributed by atoms with Crippen molar-refractivity contribution in [2.75, 3.05) is 0 Å². The van der Waals surface area contributed by atoms with E-state index in [4.69, 9.17) is 23.2 Å². The van der Waals surface area contributed by atoms with Gasteiger partial charge in [0.2, 0.25) is 0 Å². The van der Waals surface area contributed by atoms with Gasteiger partial charge in [-0.05, 0) is 17.5 Å².